The molecule has 0 saturated heterocycles. The summed E-state index contributed by atoms with van der Waals surface area (Å²) in [7, 11) is -1.44. The fourth-order valence-corrected chi connectivity index (χ4v) is 9.85. The van der Waals surface area contributed by atoms with Crippen LogP contribution in [0.25, 0.3) is 22.3 Å². The average molecular weight is 494 g/mol. The van der Waals surface area contributed by atoms with E-state index in [-0.39, 0.29) is 0 Å². The third-order valence-corrected chi connectivity index (χ3v) is 10.6. The Morgan fingerprint density at radius 1 is 0.444 bits per heavy atom. The molecular weight excluding hydrogens is 480 g/mol. The molecule has 0 aromatic heterocycles. The molecule has 3 heteroatoms. The summed E-state index contributed by atoms with van der Waals surface area (Å²) in [6, 6.07) is 31.6. The molecule has 0 N–H and O–H groups in total. The Bertz CT molecular complexity index is 1160. The number of halogens is 2. The van der Waals surface area contributed by atoms with Gasteiger partial charge in [-0.3, -0.25) is 0 Å². The van der Waals surface area contributed by atoms with E-state index in [4.69, 9.17) is 0 Å². The molecule has 0 fully saturated rings. The summed E-state index contributed by atoms with van der Waals surface area (Å²) in [6.07, 6.45) is 0. The van der Waals surface area contributed by atoms with Gasteiger partial charge in [0.05, 0.1) is 0 Å². The second-order valence-corrected chi connectivity index (χ2v) is 11.7. The third kappa shape index (κ3) is 1.95. The number of hydrogen-bond acceptors (Lipinski definition) is 0. The molecule has 1 spiro atoms. The van der Waals surface area contributed by atoms with Crippen molar-refractivity contribution < 1.29 is 0 Å². The molecule has 0 aliphatic carbocycles. The van der Waals surface area contributed by atoms with Gasteiger partial charge in [-0.15, -0.1) is 10.0 Å². The predicted molar refractivity (Wildman–Crippen MR) is 120 cm³/mol. The second kappa shape index (κ2) is 5.60. The van der Waals surface area contributed by atoms with E-state index < -0.39 is 10.0 Å². The van der Waals surface area contributed by atoms with Crippen LogP contribution in [0.4, 0.5) is 0 Å². The summed E-state index contributed by atoms with van der Waals surface area (Å²) in [4.78, 5) is 5.85. The van der Waals surface area contributed by atoms with Crippen molar-refractivity contribution in [2.75, 3.05) is 0 Å². The molecule has 0 bridgehead atoms. The van der Waals surface area contributed by atoms with Gasteiger partial charge in [0.15, 0.2) is 0 Å². The van der Waals surface area contributed by atoms with Crippen molar-refractivity contribution in [1.82, 2.24) is 0 Å². The van der Waals surface area contributed by atoms with Crippen LogP contribution in [-0.4, -0.2) is 0 Å². The van der Waals surface area contributed by atoms with Gasteiger partial charge in [-0.05, 0) is 70.8 Å². The van der Waals surface area contributed by atoms with E-state index >= 15 is 0 Å². The Kier molecular flexibility index (Phi) is 3.36. The van der Waals surface area contributed by atoms with Crippen molar-refractivity contribution >= 4 is 41.9 Å². The van der Waals surface area contributed by atoms with Crippen LogP contribution in [-0.2, 0) is 0 Å². The molecular formula is C24H14Br2S. The Hall–Kier alpha value is -1.81. The van der Waals surface area contributed by atoms with Gasteiger partial charge in [0.2, 0.25) is 0 Å². The maximum atomic E-state index is 3.69. The summed E-state index contributed by atoms with van der Waals surface area (Å²) in [5.74, 6) is 0. The molecule has 2 heterocycles. The van der Waals surface area contributed by atoms with Crippen molar-refractivity contribution in [1.29, 1.82) is 0 Å². The van der Waals surface area contributed by atoms with Crippen molar-refractivity contribution in [2.24, 2.45) is 0 Å². The van der Waals surface area contributed by atoms with E-state index in [9.17, 15) is 0 Å². The normalized spacial score (nSPS) is 15.8. The van der Waals surface area contributed by atoms with Gasteiger partial charge in [-0.2, -0.15) is 0 Å². The molecule has 6 rings (SSSR count). The lowest BCUT2D eigenvalue weighted by molar-refractivity contribution is 1.36. The van der Waals surface area contributed by atoms with Crippen LogP contribution in [0.3, 0.4) is 0 Å². The van der Waals surface area contributed by atoms with Gasteiger partial charge in [-0.25, -0.2) is 0 Å². The number of rotatable bonds is 0. The van der Waals surface area contributed by atoms with Crippen LogP contribution >= 0.6 is 41.9 Å². The SMILES string of the molecule is Brc1ccc2c(c1)-c1cc(Br)ccc1S21c2ccccc2-c2ccccc21. The standard InChI is InChI=1S/C24H14Br2S/c25-15-9-11-23-19(13-15)20-14-16(26)10-12-24(20)27(23)21-7-3-1-5-17(21)18-6-2-4-8-22(18)27/h1-14H. The zero-order valence-corrected chi connectivity index (χ0v) is 18.2. The highest BCUT2D eigenvalue weighted by Gasteiger charge is 2.47. The first-order valence-corrected chi connectivity index (χ1v) is 12.0. The van der Waals surface area contributed by atoms with Crippen LogP contribution in [0, 0.1) is 0 Å². The van der Waals surface area contributed by atoms with E-state index in [1.54, 1.807) is 0 Å². The Labute approximate surface area is 176 Å². The molecule has 27 heavy (non-hydrogen) atoms. The van der Waals surface area contributed by atoms with Gasteiger partial charge in [0.1, 0.15) is 0 Å². The van der Waals surface area contributed by atoms with Crippen LogP contribution < -0.4 is 0 Å². The van der Waals surface area contributed by atoms with Crippen molar-refractivity contribution in [3.63, 3.8) is 0 Å². The lowest BCUT2D eigenvalue weighted by Crippen LogP contribution is -1.97. The summed E-state index contributed by atoms with van der Waals surface area (Å²) < 4.78 is 2.26. The molecule has 0 radical (unpaired) electrons. The molecule has 4 aromatic carbocycles. The van der Waals surface area contributed by atoms with Gasteiger partial charge in [0.25, 0.3) is 0 Å². The maximum Gasteiger partial charge on any atom is 0.0182 e. The molecule has 0 unspecified atom stereocenters. The van der Waals surface area contributed by atoms with Crippen molar-refractivity contribution in [3.8, 4) is 22.3 Å². The van der Waals surface area contributed by atoms with Gasteiger partial charge in [-0.1, -0.05) is 68.3 Å². The van der Waals surface area contributed by atoms with E-state index in [0.717, 1.165) is 8.95 Å². The topological polar surface area (TPSA) is 0 Å². The summed E-state index contributed by atoms with van der Waals surface area (Å²) in [6.45, 7) is 0. The van der Waals surface area contributed by atoms with E-state index in [0.29, 0.717) is 0 Å². The average Bonchev–Trinajstić information content (AvgIpc) is 3.14. The van der Waals surface area contributed by atoms with Gasteiger partial charge < -0.3 is 0 Å². The number of fused-ring (bicyclic) bond motifs is 10. The first-order valence-electron chi connectivity index (χ1n) is 8.83. The van der Waals surface area contributed by atoms with Gasteiger partial charge >= 0.3 is 0 Å². The van der Waals surface area contributed by atoms with Gasteiger partial charge in [0, 0.05) is 28.5 Å². The fraction of sp³-hybridized carbons (Fsp3) is 0. The number of benzene rings is 4. The quantitative estimate of drug-likeness (QED) is 0.199. The highest BCUT2D eigenvalue weighted by Crippen LogP contribution is 2.84. The molecule has 2 aliphatic rings. The monoisotopic (exact) mass is 492 g/mol. The molecule has 0 atom stereocenters. The Balaban J connectivity index is 1.86. The largest absolute Gasteiger partial charge is 0.130 e. The minimum atomic E-state index is -1.44. The van der Waals surface area contributed by atoms with Crippen LogP contribution in [0.15, 0.2) is 113 Å². The van der Waals surface area contributed by atoms with Crippen molar-refractivity contribution in [2.45, 2.75) is 19.6 Å². The third-order valence-electron chi connectivity index (χ3n) is 5.56. The molecule has 0 nitrogen and oxygen atoms in total. The zero-order chi connectivity index (χ0) is 18.2. The summed E-state index contributed by atoms with van der Waals surface area (Å²) in [5.41, 5.74) is 5.46. The molecule has 0 saturated carbocycles. The first-order chi connectivity index (χ1) is 13.2. The minimum Gasteiger partial charge on any atom is -0.130 e. The lowest BCUT2D eigenvalue weighted by atomic mass is 10.1. The number of hydrogen-bond donors (Lipinski definition) is 0. The minimum absolute atomic E-state index is 1.13. The maximum absolute atomic E-state index is 3.69. The van der Waals surface area contributed by atoms with E-state index in [1.807, 2.05) is 0 Å². The Morgan fingerprint density at radius 2 is 0.852 bits per heavy atom. The summed E-state index contributed by atoms with van der Waals surface area (Å²) in [5, 5.41) is 0. The first kappa shape index (κ1) is 16.2. The van der Waals surface area contributed by atoms with Crippen LogP contribution in [0.1, 0.15) is 0 Å². The lowest BCUT2D eigenvalue weighted by Gasteiger charge is -2.36. The van der Waals surface area contributed by atoms with E-state index in [1.165, 1.54) is 41.8 Å². The fourth-order valence-electron chi connectivity index (χ4n) is 4.58. The van der Waals surface area contributed by atoms with Crippen molar-refractivity contribution in [3.05, 3.63) is 93.9 Å². The highest BCUT2D eigenvalue weighted by atomic mass is 79.9. The summed E-state index contributed by atoms with van der Waals surface area (Å²) >= 11 is 7.39. The predicted octanol–water partition coefficient (Wildman–Crippen LogP) is 8.51. The smallest absolute Gasteiger partial charge is 0.0182 e. The molecule has 130 valence electrons. The zero-order valence-electron chi connectivity index (χ0n) is 14.2. The highest BCUT2D eigenvalue weighted by molar-refractivity contribution is 9.10. The van der Waals surface area contributed by atoms with Crippen LogP contribution in [0.2, 0.25) is 0 Å². The Morgan fingerprint density at radius 3 is 1.33 bits per heavy atom. The van der Waals surface area contributed by atoms with Crippen LogP contribution in [0.5, 0.6) is 0 Å². The second-order valence-electron chi connectivity index (χ2n) is 6.89. The molecule has 2 aliphatic heterocycles. The van der Waals surface area contributed by atoms with E-state index in [2.05, 4.69) is 117 Å². The molecule has 0 amide bonds. The molecule has 4 aromatic rings.